The maximum absolute atomic E-state index is 11.3. The third-order valence-electron chi connectivity index (χ3n) is 1.73. The molecule has 74 valence electrons. The van der Waals surface area contributed by atoms with E-state index in [0.717, 1.165) is 0 Å². The molecule has 0 spiro atoms. The molecule has 0 heterocycles. The van der Waals surface area contributed by atoms with Crippen LogP contribution in [0.2, 0.25) is 0 Å². The maximum atomic E-state index is 11.3. The van der Waals surface area contributed by atoms with Gasteiger partial charge in [-0.15, -0.1) is 0 Å². The zero-order valence-electron chi connectivity index (χ0n) is 7.80. The third-order valence-corrected chi connectivity index (χ3v) is 1.73. The first-order chi connectivity index (χ1) is 6.66. The van der Waals surface area contributed by atoms with E-state index in [4.69, 9.17) is 14.8 Å². The fraction of sp³-hybridized carbons (Fsp3) is 0.222. The average Bonchev–Trinajstić information content (AvgIpc) is 2.18. The molecule has 0 saturated heterocycles. The summed E-state index contributed by atoms with van der Waals surface area (Å²) in [6, 6.07) is 6.22. The highest BCUT2D eigenvalue weighted by Gasteiger charge is 2.20. The first-order valence-corrected chi connectivity index (χ1v) is 4.29. The Morgan fingerprint density at radius 3 is 2.64 bits per heavy atom. The molecule has 0 fully saturated rings. The second-order valence-corrected chi connectivity index (χ2v) is 2.68. The molecule has 1 aromatic carbocycles. The molecule has 0 aliphatic rings. The molecule has 14 heavy (non-hydrogen) atoms. The van der Waals surface area contributed by atoms with Gasteiger partial charge in [0.2, 0.25) is 0 Å². The molecule has 5 heteroatoms. The van der Waals surface area contributed by atoms with E-state index in [0.29, 0.717) is 0 Å². The van der Waals surface area contributed by atoms with Gasteiger partial charge in [0, 0.05) is 0 Å². The van der Waals surface area contributed by atoms with Crippen LogP contribution in [0.15, 0.2) is 24.3 Å². The second-order valence-electron chi connectivity index (χ2n) is 2.68. The molecule has 0 radical (unpaired) electrons. The van der Waals surface area contributed by atoms with Crippen LogP contribution in [0.4, 0.5) is 0 Å². The fourth-order valence-electron chi connectivity index (χ4n) is 1.12. The number of ether oxygens (including phenoxy) is 1. The zero-order valence-corrected chi connectivity index (χ0v) is 7.80. The Hall–Kier alpha value is -1.33. The molecule has 0 amide bonds. The lowest BCUT2D eigenvalue weighted by molar-refractivity contribution is 0.0527. The summed E-state index contributed by atoms with van der Waals surface area (Å²) in [5, 5.41) is 17.9. The summed E-state index contributed by atoms with van der Waals surface area (Å²) in [6.07, 6.45) is 0. The Morgan fingerprint density at radius 2 is 2.07 bits per heavy atom. The molecule has 0 unspecified atom stereocenters. The van der Waals surface area contributed by atoms with E-state index in [2.05, 4.69) is 0 Å². The van der Waals surface area contributed by atoms with E-state index in [-0.39, 0.29) is 17.6 Å². The van der Waals surface area contributed by atoms with Crippen LogP contribution in [0.3, 0.4) is 0 Å². The van der Waals surface area contributed by atoms with Gasteiger partial charge in [-0.25, -0.2) is 4.79 Å². The Balaban J connectivity index is 3.00. The van der Waals surface area contributed by atoms with Crippen LogP contribution in [0.25, 0.3) is 0 Å². The highest BCUT2D eigenvalue weighted by molar-refractivity contribution is 6.60. The van der Waals surface area contributed by atoms with Crippen molar-refractivity contribution in [2.24, 2.45) is 0 Å². The highest BCUT2D eigenvalue weighted by atomic mass is 16.5. The smallest absolute Gasteiger partial charge is 0.462 e. The van der Waals surface area contributed by atoms with Gasteiger partial charge >= 0.3 is 13.1 Å². The van der Waals surface area contributed by atoms with Crippen molar-refractivity contribution in [2.75, 3.05) is 6.61 Å². The standard InChI is InChI=1S/C9H11BO4/c1-2-14-9(11)7-5-3-4-6-8(7)10(12)13/h3-6,12-13H,2H2,1H3. The van der Waals surface area contributed by atoms with Gasteiger partial charge in [-0.3, -0.25) is 0 Å². The van der Waals surface area contributed by atoms with Gasteiger partial charge in [0.05, 0.1) is 12.2 Å². The first-order valence-electron chi connectivity index (χ1n) is 4.29. The fourth-order valence-corrected chi connectivity index (χ4v) is 1.12. The van der Waals surface area contributed by atoms with Crippen molar-refractivity contribution in [3.05, 3.63) is 29.8 Å². The summed E-state index contributed by atoms with van der Waals surface area (Å²) in [6.45, 7) is 1.95. The van der Waals surface area contributed by atoms with E-state index >= 15 is 0 Å². The number of hydrogen-bond donors (Lipinski definition) is 2. The highest BCUT2D eigenvalue weighted by Crippen LogP contribution is 1.99. The average molecular weight is 194 g/mol. The van der Waals surface area contributed by atoms with Gasteiger partial charge in [0.1, 0.15) is 0 Å². The van der Waals surface area contributed by atoms with E-state index in [1.54, 1.807) is 19.1 Å². The van der Waals surface area contributed by atoms with Crippen molar-refractivity contribution in [3.8, 4) is 0 Å². The van der Waals surface area contributed by atoms with E-state index in [9.17, 15) is 4.79 Å². The van der Waals surface area contributed by atoms with Gasteiger partial charge in [0.15, 0.2) is 0 Å². The van der Waals surface area contributed by atoms with Gasteiger partial charge < -0.3 is 14.8 Å². The zero-order chi connectivity index (χ0) is 10.6. The largest absolute Gasteiger partial charge is 0.489 e. The summed E-state index contributed by atoms with van der Waals surface area (Å²) >= 11 is 0. The lowest BCUT2D eigenvalue weighted by Gasteiger charge is -2.06. The monoisotopic (exact) mass is 194 g/mol. The van der Waals surface area contributed by atoms with E-state index < -0.39 is 13.1 Å². The maximum Gasteiger partial charge on any atom is 0.489 e. The number of carbonyl (C=O) groups is 1. The van der Waals surface area contributed by atoms with Gasteiger partial charge in [-0.2, -0.15) is 0 Å². The summed E-state index contributed by atoms with van der Waals surface area (Å²) in [4.78, 5) is 11.3. The predicted octanol–water partition coefficient (Wildman–Crippen LogP) is -0.457. The van der Waals surface area contributed by atoms with Crippen LogP contribution in [-0.4, -0.2) is 29.7 Å². The minimum atomic E-state index is -1.66. The molecule has 0 atom stereocenters. The van der Waals surface area contributed by atoms with Crippen molar-refractivity contribution < 1.29 is 19.6 Å². The Bertz CT molecular complexity index is 324. The molecule has 0 saturated carbocycles. The number of rotatable bonds is 3. The molecule has 0 bridgehead atoms. The number of esters is 1. The van der Waals surface area contributed by atoms with Gasteiger partial charge in [-0.05, 0) is 18.5 Å². The lowest BCUT2D eigenvalue weighted by Crippen LogP contribution is -2.35. The molecule has 0 aliphatic heterocycles. The molecular formula is C9H11BO4. The Labute approximate surface area is 82.3 Å². The lowest BCUT2D eigenvalue weighted by atomic mass is 9.77. The van der Waals surface area contributed by atoms with E-state index in [1.807, 2.05) is 0 Å². The van der Waals surface area contributed by atoms with Crippen molar-refractivity contribution in [2.45, 2.75) is 6.92 Å². The normalized spacial score (nSPS) is 9.64. The van der Waals surface area contributed by atoms with Crippen LogP contribution in [-0.2, 0) is 4.74 Å². The summed E-state index contributed by atoms with van der Waals surface area (Å²) in [5.41, 5.74) is 0.343. The van der Waals surface area contributed by atoms with Crippen LogP contribution < -0.4 is 5.46 Å². The molecule has 2 N–H and O–H groups in total. The summed E-state index contributed by atoms with van der Waals surface area (Å²) in [5.74, 6) is -0.545. The van der Waals surface area contributed by atoms with E-state index in [1.165, 1.54) is 12.1 Å². The van der Waals surface area contributed by atoms with Crippen molar-refractivity contribution in [1.82, 2.24) is 0 Å². The Morgan fingerprint density at radius 1 is 1.43 bits per heavy atom. The molecule has 0 aromatic heterocycles. The minimum Gasteiger partial charge on any atom is -0.462 e. The SMILES string of the molecule is CCOC(=O)c1ccccc1B(O)O. The molecule has 0 aliphatic carbocycles. The predicted molar refractivity (Wildman–Crippen MR) is 52.2 cm³/mol. The minimum absolute atomic E-state index is 0.158. The summed E-state index contributed by atoms with van der Waals surface area (Å²) in [7, 11) is -1.66. The topological polar surface area (TPSA) is 66.8 Å². The summed E-state index contributed by atoms with van der Waals surface area (Å²) < 4.78 is 4.76. The van der Waals surface area contributed by atoms with Crippen LogP contribution >= 0.6 is 0 Å². The molecule has 1 aromatic rings. The van der Waals surface area contributed by atoms with Crippen LogP contribution in [0.5, 0.6) is 0 Å². The van der Waals surface area contributed by atoms with Gasteiger partial charge in [-0.1, -0.05) is 18.2 Å². The number of hydrogen-bond acceptors (Lipinski definition) is 4. The molecular weight excluding hydrogens is 183 g/mol. The first kappa shape index (κ1) is 10.8. The third kappa shape index (κ3) is 2.34. The number of benzene rings is 1. The van der Waals surface area contributed by atoms with Gasteiger partial charge in [0.25, 0.3) is 0 Å². The van der Waals surface area contributed by atoms with Crippen molar-refractivity contribution in [1.29, 1.82) is 0 Å². The van der Waals surface area contributed by atoms with Crippen molar-refractivity contribution in [3.63, 3.8) is 0 Å². The van der Waals surface area contributed by atoms with Crippen molar-refractivity contribution >= 4 is 18.6 Å². The number of carbonyl (C=O) groups excluding carboxylic acids is 1. The second kappa shape index (κ2) is 4.78. The van der Waals surface area contributed by atoms with Crippen LogP contribution in [0, 0.1) is 0 Å². The molecule has 1 rings (SSSR count). The molecule has 4 nitrogen and oxygen atoms in total. The Kier molecular flexibility index (Phi) is 3.68. The quantitative estimate of drug-likeness (QED) is 0.504. The van der Waals surface area contributed by atoms with Crippen LogP contribution in [0.1, 0.15) is 17.3 Å².